The second kappa shape index (κ2) is 8.82. The van der Waals surface area contributed by atoms with Crippen LogP contribution >= 0.6 is 12.2 Å². The number of ether oxygens (including phenoxy) is 4. The summed E-state index contributed by atoms with van der Waals surface area (Å²) in [5, 5.41) is 0. The Labute approximate surface area is 187 Å². The Balaban J connectivity index is 2.23. The van der Waals surface area contributed by atoms with Gasteiger partial charge in [-0.1, -0.05) is 12.2 Å². The van der Waals surface area contributed by atoms with E-state index in [-0.39, 0.29) is 16.9 Å². The third kappa shape index (κ3) is 4.17. The van der Waals surface area contributed by atoms with Crippen LogP contribution in [-0.4, -0.2) is 61.5 Å². The van der Waals surface area contributed by atoms with Gasteiger partial charge < -0.3 is 18.9 Å². The first kappa shape index (κ1) is 23.6. The Morgan fingerprint density at radius 2 is 1.56 bits per heavy atom. The first-order valence-electron chi connectivity index (χ1n) is 9.71. The van der Waals surface area contributed by atoms with Crippen LogP contribution in [0.1, 0.15) is 32.8 Å². The minimum Gasteiger partial charge on any atom is -0.456 e. The summed E-state index contributed by atoms with van der Waals surface area (Å²) >= 11 is 5.49. The summed E-state index contributed by atoms with van der Waals surface area (Å²) in [5.41, 5.74) is 0.352. The van der Waals surface area contributed by atoms with Crippen molar-refractivity contribution in [2.24, 2.45) is 14.1 Å². The van der Waals surface area contributed by atoms with Crippen LogP contribution < -0.4 is 5.69 Å². The molecule has 0 spiro atoms. The minimum absolute atomic E-state index is 0.149. The number of rotatable bonds is 4. The van der Waals surface area contributed by atoms with Crippen LogP contribution in [0.3, 0.4) is 0 Å². The standard InChI is InChI=1S/C19H24N4O8S/c1-8-20-16-13(18(32)22(6)19(27)21(16)5)23(8)17-15(31-11(4)26)14(30-10(3)25)12(7-28-17)29-9(2)24/h12,14-15,17H,7H2,1-6H3/t12-,14+,15-,17-/m1/s1. The van der Waals surface area contributed by atoms with Gasteiger partial charge in [0.15, 0.2) is 30.2 Å². The van der Waals surface area contributed by atoms with Crippen molar-refractivity contribution in [2.75, 3.05) is 6.61 Å². The number of esters is 3. The monoisotopic (exact) mass is 468 g/mol. The summed E-state index contributed by atoms with van der Waals surface area (Å²) in [7, 11) is 3.08. The van der Waals surface area contributed by atoms with Gasteiger partial charge in [0, 0.05) is 34.9 Å². The first-order chi connectivity index (χ1) is 14.9. The van der Waals surface area contributed by atoms with Crippen molar-refractivity contribution >= 4 is 41.3 Å². The van der Waals surface area contributed by atoms with Crippen LogP contribution in [0.5, 0.6) is 0 Å². The van der Waals surface area contributed by atoms with Crippen molar-refractivity contribution in [1.29, 1.82) is 0 Å². The molecule has 12 nitrogen and oxygen atoms in total. The molecular weight excluding hydrogens is 444 g/mol. The molecular formula is C19H24N4O8S. The predicted octanol–water partition coefficient (Wildman–Crippen LogP) is 0.435. The van der Waals surface area contributed by atoms with Crippen LogP contribution in [-0.2, 0) is 47.4 Å². The molecule has 2 aromatic heterocycles. The Bertz CT molecular complexity index is 1210. The van der Waals surface area contributed by atoms with E-state index in [0.29, 0.717) is 17.0 Å². The van der Waals surface area contributed by atoms with Gasteiger partial charge in [0.05, 0.1) is 6.61 Å². The zero-order valence-electron chi connectivity index (χ0n) is 18.5. The fourth-order valence-corrected chi connectivity index (χ4v) is 4.05. The van der Waals surface area contributed by atoms with Crippen molar-refractivity contribution in [2.45, 2.75) is 52.2 Å². The molecule has 13 heteroatoms. The first-order valence-corrected chi connectivity index (χ1v) is 10.1. The lowest BCUT2D eigenvalue weighted by molar-refractivity contribution is -0.239. The molecule has 1 aliphatic heterocycles. The van der Waals surface area contributed by atoms with Crippen molar-refractivity contribution in [1.82, 2.24) is 18.7 Å². The molecule has 0 bridgehead atoms. The predicted molar refractivity (Wildman–Crippen MR) is 111 cm³/mol. The highest BCUT2D eigenvalue weighted by Gasteiger charge is 2.48. The second-order valence-electron chi connectivity index (χ2n) is 7.43. The van der Waals surface area contributed by atoms with Crippen molar-refractivity contribution in [3.63, 3.8) is 0 Å². The molecule has 3 heterocycles. The van der Waals surface area contributed by atoms with Crippen LogP contribution in [0.2, 0.25) is 0 Å². The molecule has 32 heavy (non-hydrogen) atoms. The van der Waals surface area contributed by atoms with Gasteiger partial charge in [0.25, 0.3) is 0 Å². The van der Waals surface area contributed by atoms with E-state index in [0.717, 1.165) is 0 Å². The maximum atomic E-state index is 12.4. The average molecular weight is 468 g/mol. The van der Waals surface area contributed by atoms with E-state index >= 15 is 0 Å². The molecule has 1 saturated heterocycles. The molecule has 0 unspecified atom stereocenters. The zero-order chi connectivity index (χ0) is 23.9. The largest absolute Gasteiger partial charge is 0.456 e. The van der Waals surface area contributed by atoms with Crippen LogP contribution in [0.25, 0.3) is 11.2 Å². The molecule has 0 aromatic carbocycles. The molecule has 3 rings (SSSR count). The second-order valence-corrected chi connectivity index (χ2v) is 7.81. The van der Waals surface area contributed by atoms with Gasteiger partial charge in [-0.25, -0.2) is 9.78 Å². The molecule has 0 radical (unpaired) electrons. The van der Waals surface area contributed by atoms with Crippen molar-refractivity contribution in [3.8, 4) is 0 Å². The number of carbonyl (C=O) groups is 3. The smallest absolute Gasteiger partial charge is 0.330 e. The summed E-state index contributed by atoms with van der Waals surface area (Å²) in [4.78, 5) is 52.2. The maximum Gasteiger partial charge on any atom is 0.330 e. The lowest BCUT2D eigenvalue weighted by atomic mass is 10.0. The lowest BCUT2D eigenvalue weighted by Gasteiger charge is -2.41. The number of aromatic nitrogens is 4. The summed E-state index contributed by atoms with van der Waals surface area (Å²) in [5.74, 6) is -1.52. The molecule has 0 amide bonds. The highest BCUT2D eigenvalue weighted by Crippen LogP contribution is 2.34. The molecule has 174 valence electrons. The topological polar surface area (TPSA) is 133 Å². The van der Waals surface area contributed by atoms with Crippen LogP contribution in [0.4, 0.5) is 0 Å². The van der Waals surface area contributed by atoms with Gasteiger partial charge in [-0.15, -0.1) is 0 Å². The van der Waals surface area contributed by atoms with E-state index in [1.165, 1.54) is 37.0 Å². The van der Waals surface area contributed by atoms with Gasteiger partial charge in [-0.3, -0.25) is 28.1 Å². The highest BCUT2D eigenvalue weighted by molar-refractivity contribution is 7.71. The summed E-state index contributed by atoms with van der Waals surface area (Å²) < 4.78 is 26.5. The molecule has 2 aromatic rings. The van der Waals surface area contributed by atoms with E-state index < -0.39 is 42.4 Å². The van der Waals surface area contributed by atoms with E-state index in [4.69, 9.17) is 31.2 Å². The van der Waals surface area contributed by atoms with Gasteiger partial charge in [0.1, 0.15) is 16.0 Å². The Morgan fingerprint density at radius 3 is 2.12 bits per heavy atom. The SMILES string of the molecule is CC(=O)O[C@@H]1[C@@H](OC(C)=O)[C@H](OC(C)=O)CO[C@H]1n1c(C)nc2c1c(=S)n(C)c(=O)n2C. The molecule has 1 aliphatic rings. The fraction of sp³-hybridized carbons (Fsp3) is 0.579. The maximum absolute atomic E-state index is 12.4. The molecule has 0 aliphatic carbocycles. The van der Waals surface area contributed by atoms with Crippen LogP contribution in [0, 0.1) is 11.6 Å². The molecule has 0 saturated carbocycles. The third-order valence-electron chi connectivity index (χ3n) is 5.05. The normalized spacial score (nSPS) is 23.1. The fourth-order valence-electron chi connectivity index (χ4n) is 3.78. The molecule has 0 N–H and O–H groups in total. The highest BCUT2D eigenvalue weighted by atomic mass is 32.1. The number of fused-ring (bicyclic) bond motifs is 1. The third-order valence-corrected chi connectivity index (χ3v) is 5.51. The van der Waals surface area contributed by atoms with Crippen molar-refractivity contribution in [3.05, 3.63) is 20.9 Å². The van der Waals surface area contributed by atoms with Gasteiger partial charge >= 0.3 is 23.6 Å². The number of hydrogen-bond acceptors (Lipinski definition) is 10. The van der Waals surface area contributed by atoms with Gasteiger partial charge in [-0.2, -0.15) is 0 Å². The minimum atomic E-state index is -1.19. The van der Waals surface area contributed by atoms with E-state index in [9.17, 15) is 19.2 Å². The molecule has 4 atom stereocenters. The lowest BCUT2D eigenvalue weighted by Crippen LogP contribution is -2.55. The van der Waals surface area contributed by atoms with Crippen molar-refractivity contribution < 1.29 is 33.3 Å². The molecule has 1 fully saturated rings. The van der Waals surface area contributed by atoms with E-state index in [2.05, 4.69) is 4.98 Å². The Morgan fingerprint density at radius 1 is 1.00 bits per heavy atom. The zero-order valence-corrected chi connectivity index (χ0v) is 19.3. The Kier molecular flexibility index (Phi) is 6.51. The average Bonchev–Trinajstić information content (AvgIpc) is 3.03. The summed E-state index contributed by atoms with van der Waals surface area (Å²) in [6, 6.07) is 0. The van der Waals surface area contributed by atoms with Gasteiger partial charge in [0.2, 0.25) is 0 Å². The number of imidazole rings is 1. The van der Waals surface area contributed by atoms with E-state index in [1.807, 2.05) is 0 Å². The Hall–Kier alpha value is -3.06. The number of carbonyl (C=O) groups excluding carboxylic acids is 3. The number of hydrogen-bond donors (Lipinski definition) is 0. The quantitative estimate of drug-likeness (QED) is 0.353. The van der Waals surface area contributed by atoms with Crippen LogP contribution in [0.15, 0.2) is 4.79 Å². The van der Waals surface area contributed by atoms with E-state index in [1.54, 1.807) is 18.5 Å². The van der Waals surface area contributed by atoms with Gasteiger partial charge in [-0.05, 0) is 6.92 Å². The summed E-state index contributed by atoms with van der Waals surface area (Å²) in [6.07, 6.45) is -4.37. The number of aryl methyl sites for hydroxylation is 2. The summed E-state index contributed by atoms with van der Waals surface area (Å²) in [6.45, 7) is 5.11. The number of nitrogens with zero attached hydrogens (tertiary/aromatic N) is 4.